The topological polar surface area (TPSA) is 25.8 Å². The van der Waals surface area contributed by atoms with Crippen LogP contribution in [0.4, 0.5) is 13.2 Å². The Balaban J connectivity index is 3.02. The van der Waals surface area contributed by atoms with Gasteiger partial charge in [0.15, 0.2) is 5.82 Å². The summed E-state index contributed by atoms with van der Waals surface area (Å²) in [7, 11) is 0. The van der Waals surface area contributed by atoms with Crippen molar-refractivity contribution in [3.05, 3.63) is 23.3 Å². The molecule has 2 nitrogen and oxygen atoms in total. The van der Waals surface area contributed by atoms with E-state index < -0.39 is 20.0 Å². The van der Waals surface area contributed by atoms with Crippen LogP contribution in [-0.4, -0.2) is 9.97 Å². The van der Waals surface area contributed by atoms with Gasteiger partial charge < -0.3 is 0 Å². The monoisotopic (exact) mass is 176 g/mol. The van der Waals surface area contributed by atoms with E-state index in [0.717, 1.165) is 6.20 Å². The minimum atomic E-state index is -0.894. The number of halogens is 3. The van der Waals surface area contributed by atoms with Gasteiger partial charge in [0, 0.05) is 11.8 Å². The van der Waals surface area contributed by atoms with E-state index in [1.54, 1.807) is 0 Å². The lowest BCUT2D eigenvalue weighted by Gasteiger charge is -2.01. The third-order valence-corrected chi connectivity index (χ3v) is 1.39. The maximum atomic E-state index is 12.1. The van der Waals surface area contributed by atoms with E-state index in [9.17, 15) is 13.2 Å². The molecule has 0 aliphatic rings. The molecule has 0 N–H and O–H groups in total. The molecule has 1 aromatic heterocycles. The fraction of sp³-hybridized carbons (Fsp3) is 0.429. The summed E-state index contributed by atoms with van der Waals surface area (Å²) in [6.45, 7) is -2.58. The molecule has 0 saturated carbocycles. The highest BCUT2D eigenvalue weighted by Gasteiger charge is 2.05. The number of hydrogen-bond acceptors (Lipinski definition) is 2. The summed E-state index contributed by atoms with van der Waals surface area (Å²) >= 11 is 0. The molecule has 0 saturated heterocycles. The molecule has 5 heteroatoms. The van der Waals surface area contributed by atoms with E-state index in [-0.39, 0.29) is 17.1 Å². The fourth-order valence-corrected chi connectivity index (χ4v) is 0.775. The highest BCUT2D eigenvalue weighted by molar-refractivity contribution is 5.15. The summed E-state index contributed by atoms with van der Waals surface area (Å²) in [6.07, 6.45) is 1.11. The molecule has 0 aromatic carbocycles. The summed E-state index contributed by atoms with van der Waals surface area (Å²) < 4.78 is 36.1. The van der Waals surface area contributed by atoms with Crippen LogP contribution in [0, 0.1) is 0 Å². The molecule has 0 amide bonds. The Morgan fingerprint density at radius 2 is 1.83 bits per heavy atom. The van der Waals surface area contributed by atoms with Crippen LogP contribution in [0.15, 0.2) is 6.20 Å². The number of rotatable bonds is 3. The molecule has 0 aliphatic carbocycles. The summed E-state index contributed by atoms with van der Waals surface area (Å²) in [5.41, 5.74) is 0.00912. The highest BCUT2D eigenvalue weighted by atomic mass is 19.1. The molecule has 1 aromatic rings. The van der Waals surface area contributed by atoms with Crippen LogP contribution >= 0.6 is 0 Å². The first-order valence-electron chi connectivity index (χ1n) is 3.33. The molecule has 66 valence electrons. The van der Waals surface area contributed by atoms with Gasteiger partial charge in [-0.2, -0.15) is 0 Å². The minimum absolute atomic E-state index is 0.0693. The van der Waals surface area contributed by atoms with Gasteiger partial charge in [0.2, 0.25) is 0 Å². The Hall–Kier alpha value is -1.13. The highest BCUT2D eigenvalue weighted by Crippen LogP contribution is 2.08. The molecular formula is C7H7F3N2. The molecule has 0 atom stereocenters. The first-order valence-corrected chi connectivity index (χ1v) is 3.33. The standard InChI is InChI=1S/C7H7F3N2/c8-1-5-4-11-7(3-10)12-6(5)2-9/h4H,1-3H2. The second-order valence-corrected chi connectivity index (χ2v) is 2.16. The van der Waals surface area contributed by atoms with Gasteiger partial charge in [-0.15, -0.1) is 0 Å². The van der Waals surface area contributed by atoms with Crippen LogP contribution in [0.5, 0.6) is 0 Å². The van der Waals surface area contributed by atoms with Crippen molar-refractivity contribution >= 4 is 0 Å². The van der Waals surface area contributed by atoms with Gasteiger partial charge in [0.05, 0.1) is 5.69 Å². The van der Waals surface area contributed by atoms with Crippen molar-refractivity contribution in [3.63, 3.8) is 0 Å². The molecule has 0 radical (unpaired) electrons. The molecule has 0 fully saturated rings. The van der Waals surface area contributed by atoms with Crippen molar-refractivity contribution in [1.82, 2.24) is 9.97 Å². The van der Waals surface area contributed by atoms with Gasteiger partial charge in [0.1, 0.15) is 20.0 Å². The van der Waals surface area contributed by atoms with E-state index >= 15 is 0 Å². The summed E-state index contributed by atoms with van der Waals surface area (Å²) in [5, 5.41) is 0. The lowest BCUT2D eigenvalue weighted by molar-refractivity contribution is 0.430. The number of aromatic nitrogens is 2. The second kappa shape index (κ2) is 4.04. The number of nitrogens with zero attached hydrogens (tertiary/aromatic N) is 2. The predicted molar refractivity (Wildman–Crippen MR) is 36.5 cm³/mol. The maximum absolute atomic E-state index is 12.1. The van der Waals surface area contributed by atoms with Gasteiger partial charge >= 0.3 is 0 Å². The zero-order valence-corrected chi connectivity index (χ0v) is 6.23. The van der Waals surface area contributed by atoms with Crippen LogP contribution in [0.2, 0.25) is 0 Å². The largest absolute Gasteiger partial charge is 0.246 e. The van der Waals surface area contributed by atoms with Crippen molar-refractivity contribution < 1.29 is 13.2 Å². The average Bonchev–Trinajstić information content (AvgIpc) is 2.16. The summed E-state index contributed by atoms with van der Waals surface area (Å²) in [6, 6.07) is 0. The third kappa shape index (κ3) is 1.72. The van der Waals surface area contributed by atoms with Gasteiger partial charge in [-0.1, -0.05) is 0 Å². The van der Waals surface area contributed by atoms with E-state index in [4.69, 9.17) is 0 Å². The fourth-order valence-electron chi connectivity index (χ4n) is 0.775. The average molecular weight is 176 g/mol. The molecular weight excluding hydrogens is 169 g/mol. The van der Waals surface area contributed by atoms with Crippen LogP contribution in [0.3, 0.4) is 0 Å². The Kier molecular flexibility index (Phi) is 3.01. The Bertz CT molecular complexity index is 265. The lowest BCUT2D eigenvalue weighted by atomic mass is 10.2. The SMILES string of the molecule is FCc1ncc(CF)c(CF)n1. The van der Waals surface area contributed by atoms with E-state index in [2.05, 4.69) is 9.97 Å². The summed E-state index contributed by atoms with van der Waals surface area (Å²) in [4.78, 5) is 6.96. The Morgan fingerprint density at radius 3 is 2.33 bits per heavy atom. The maximum Gasteiger partial charge on any atom is 0.159 e. The summed E-state index contributed by atoms with van der Waals surface area (Å²) in [5.74, 6) is -0.111. The van der Waals surface area contributed by atoms with E-state index in [1.165, 1.54) is 0 Å². The molecule has 0 unspecified atom stereocenters. The van der Waals surface area contributed by atoms with Gasteiger partial charge in [-0.05, 0) is 0 Å². The van der Waals surface area contributed by atoms with Crippen molar-refractivity contribution in [2.75, 3.05) is 0 Å². The van der Waals surface area contributed by atoms with Gasteiger partial charge in [-0.25, -0.2) is 23.1 Å². The van der Waals surface area contributed by atoms with Crippen molar-refractivity contribution in [2.24, 2.45) is 0 Å². The van der Waals surface area contributed by atoms with Gasteiger partial charge in [-0.3, -0.25) is 0 Å². The number of hydrogen-bond donors (Lipinski definition) is 0. The minimum Gasteiger partial charge on any atom is -0.246 e. The van der Waals surface area contributed by atoms with Crippen molar-refractivity contribution in [2.45, 2.75) is 20.0 Å². The quantitative estimate of drug-likeness (QED) is 0.702. The molecule has 12 heavy (non-hydrogen) atoms. The van der Waals surface area contributed by atoms with Crippen molar-refractivity contribution in [3.8, 4) is 0 Å². The molecule has 1 rings (SSSR count). The first kappa shape index (κ1) is 8.96. The van der Waals surface area contributed by atoms with Crippen LogP contribution < -0.4 is 0 Å². The molecule has 0 bridgehead atoms. The Labute approximate surface area is 67.5 Å². The second-order valence-electron chi connectivity index (χ2n) is 2.16. The van der Waals surface area contributed by atoms with E-state index in [0.29, 0.717) is 0 Å². The van der Waals surface area contributed by atoms with Crippen LogP contribution in [-0.2, 0) is 20.0 Å². The smallest absolute Gasteiger partial charge is 0.159 e. The normalized spacial score (nSPS) is 10.2. The van der Waals surface area contributed by atoms with E-state index in [1.807, 2.05) is 0 Å². The van der Waals surface area contributed by atoms with Crippen LogP contribution in [0.1, 0.15) is 17.1 Å². The molecule has 0 spiro atoms. The number of alkyl halides is 3. The first-order chi connectivity index (χ1) is 5.81. The van der Waals surface area contributed by atoms with Crippen molar-refractivity contribution in [1.29, 1.82) is 0 Å². The third-order valence-electron chi connectivity index (χ3n) is 1.39. The molecule has 0 aliphatic heterocycles. The molecule has 1 heterocycles. The Morgan fingerprint density at radius 1 is 1.08 bits per heavy atom. The van der Waals surface area contributed by atoms with Gasteiger partial charge in [0.25, 0.3) is 0 Å². The zero-order chi connectivity index (χ0) is 8.97. The lowest BCUT2D eigenvalue weighted by Crippen LogP contribution is -2.00. The predicted octanol–water partition coefficient (Wildman–Crippen LogP) is 1.89. The van der Waals surface area contributed by atoms with Crippen LogP contribution in [0.25, 0.3) is 0 Å². The zero-order valence-electron chi connectivity index (χ0n) is 6.23.